The van der Waals surface area contributed by atoms with Gasteiger partial charge in [-0.05, 0) is 37.5 Å². The average molecular weight is 491 g/mol. The molecule has 0 aliphatic carbocycles. The summed E-state index contributed by atoms with van der Waals surface area (Å²) in [6, 6.07) is 6.25. The van der Waals surface area contributed by atoms with Gasteiger partial charge in [0.25, 0.3) is 0 Å². The number of amides is 1. The second-order valence-corrected chi connectivity index (χ2v) is 8.36. The van der Waals surface area contributed by atoms with Gasteiger partial charge in [-0.1, -0.05) is 0 Å². The first kappa shape index (κ1) is 27.7. The van der Waals surface area contributed by atoms with Crippen molar-refractivity contribution in [2.24, 2.45) is 5.92 Å². The van der Waals surface area contributed by atoms with E-state index in [0.717, 1.165) is 56.1 Å². The van der Waals surface area contributed by atoms with Crippen molar-refractivity contribution in [3.63, 3.8) is 0 Å². The number of alkyl halides is 3. The van der Waals surface area contributed by atoms with E-state index in [1.54, 1.807) is 14.2 Å². The van der Waals surface area contributed by atoms with Crippen LogP contribution in [0.1, 0.15) is 31.7 Å². The minimum Gasteiger partial charge on any atom is -0.497 e. The number of carbonyl (C=O) groups excluding carboxylic acids is 1. The maximum absolute atomic E-state index is 12.6. The number of rotatable bonds is 6. The first-order valence-corrected chi connectivity index (χ1v) is 11.2. The fraction of sp³-hybridized carbons (Fsp3) is 0.652. The van der Waals surface area contributed by atoms with E-state index in [-0.39, 0.29) is 17.9 Å². The predicted octanol–water partition coefficient (Wildman–Crippen LogP) is 3.19. The van der Waals surface area contributed by atoms with E-state index >= 15 is 0 Å². The number of nitrogens with zero attached hydrogens (tertiary/aromatic N) is 2. The summed E-state index contributed by atoms with van der Waals surface area (Å²) in [7, 11) is 3.34. The van der Waals surface area contributed by atoms with Gasteiger partial charge in [0.1, 0.15) is 11.5 Å². The number of benzene rings is 1. The molecule has 0 bridgehead atoms. The van der Waals surface area contributed by atoms with Gasteiger partial charge in [0.05, 0.1) is 27.4 Å². The summed E-state index contributed by atoms with van der Waals surface area (Å²) in [6.07, 6.45) is -2.25. The van der Waals surface area contributed by atoms with Crippen LogP contribution >= 0.6 is 0 Å². The molecule has 34 heavy (non-hydrogen) atoms. The highest BCUT2D eigenvalue weighted by Gasteiger charge is 2.38. The number of carbonyl (C=O) groups is 2. The predicted molar refractivity (Wildman–Crippen MR) is 118 cm³/mol. The van der Waals surface area contributed by atoms with Crippen LogP contribution in [-0.4, -0.2) is 86.1 Å². The molecule has 3 rings (SSSR count). The molecule has 11 heteroatoms. The van der Waals surface area contributed by atoms with Crippen LogP contribution < -0.4 is 9.47 Å². The van der Waals surface area contributed by atoms with Gasteiger partial charge in [0.15, 0.2) is 0 Å². The number of carboxylic acids is 1. The molecule has 0 unspecified atom stereocenters. The number of methoxy groups -OCH3 is 2. The van der Waals surface area contributed by atoms with Crippen molar-refractivity contribution in [2.45, 2.75) is 44.9 Å². The lowest BCUT2D eigenvalue weighted by molar-refractivity contribution is -0.192. The number of aliphatic carboxylic acids is 1. The normalized spacial score (nSPS) is 21.3. The first-order valence-electron chi connectivity index (χ1n) is 11.2. The number of halogens is 3. The third-order valence-electron chi connectivity index (χ3n) is 6.05. The Labute approximate surface area is 197 Å². The molecule has 2 atom stereocenters. The lowest BCUT2D eigenvalue weighted by Gasteiger charge is -2.32. The first-order chi connectivity index (χ1) is 16.0. The molecule has 2 aliphatic heterocycles. The maximum atomic E-state index is 12.6. The van der Waals surface area contributed by atoms with E-state index < -0.39 is 12.1 Å². The largest absolute Gasteiger partial charge is 0.497 e. The Hall–Kier alpha value is -2.53. The second-order valence-electron chi connectivity index (χ2n) is 8.36. The number of likely N-dealkylation sites (tertiary alicyclic amines) is 1. The van der Waals surface area contributed by atoms with Crippen molar-refractivity contribution in [1.82, 2.24) is 9.80 Å². The van der Waals surface area contributed by atoms with Crippen LogP contribution in [0.25, 0.3) is 0 Å². The molecule has 2 saturated heterocycles. The Morgan fingerprint density at radius 2 is 1.65 bits per heavy atom. The van der Waals surface area contributed by atoms with Gasteiger partial charge in [-0.25, -0.2) is 4.79 Å². The highest BCUT2D eigenvalue weighted by molar-refractivity contribution is 5.76. The molecule has 0 radical (unpaired) electrons. The number of carboxylic acid groups (broad SMARTS) is 1. The Morgan fingerprint density at radius 3 is 2.15 bits per heavy atom. The fourth-order valence-corrected chi connectivity index (χ4v) is 4.02. The zero-order chi connectivity index (χ0) is 25.3. The monoisotopic (exact) mass is 490 g/mol. The average Bonchev–Trinajstić information content (AvgIpc) is 3.29. The van der Waals surface area contributed by atoms with Crippen LogP contribution in [0.2, 0.25) is 0 Å². The Balaban J connectivity index is 0.000000509. The van der Waals surface area contributed by atoms with E-state index in [4.69, 9.17) is 24.1 Å². The van der Waals surface area contributed by atoms with Crippen LogP contribution in [-0.2, 0) is 20.9 Å². The highest BCUT2D eigenvalue weighted by Crippen LogP contribution is 2.27. The van der Waals surface area contributed by atoms with E-state index in [0.29, 0.717) is 19.6 Å². The van der Waals surface area contributed by atoms with Crippen LogP contribution in [0.3, 0.4) is 0 Å². The Kier molecular flexibility index (Phi) is 10.4. The number of ether oxygens (including phenoxy) is 3. The van der Waals surface area contributed by atoms with Crippen molar-refractivity contribution in [3.8, 4) is 11.5 Å². The fourth-order valence-electron chi connectivity index (χ4n) is 4.02. The van der Waals surface area contributed by atoms with Gasteiger partial charge in [-0.2, -0.15) is 13.2 Å². The second kappa shape index (κ2) is 12.8. The minimum absolute atomic E-state index is 0.216. The molecule has 2 fully saturated rings. The summed E-state index contributed by atoms with van der Waals surface area (Å²) in [5, 5.41) is 7.12. The van der Waals surface area contributed by atoms with Crippen molar-refractivity contribution in [2.75, 3.05) is 47.1 Å². The topological polar surface area (TPSA) is 88.5 Å². The minimum atomic E-state index is -5.08. The summed E-state index contributed by atoms with van der Waals surface area (Å²) in [6.45, 7) is 7.02. The van der Waals surface area contributed by atoms with Gasteiger partial charge >= 0.3 is 12.1 Å². The Bertz CT molecular complexity index is 792. The zero-order valence-electron chi connectivity index (χ0n) is 19.8. The molecule has 8 nitrogen and oxygen atoms in total. The van der Waals surface area contributed by atoms with Gasteiger partial charge in [-0.3, -0.25) is 9.69 Å². The number of hydrogen-bond acceptors (Lipinski definition) is 6. The summed E-state index contributed by atoms with van der Waals surface area (Å²) in [5.74, 6) is -0.675. The van der Waals surface area contributed by atoms with Gasteiger partial charge in [0, 0.05) is 50.6 Å². The SMILES string of the molecule is COc1cc(CN2CCOC[C@H](CC(=O)N3CCCC3)[C@H]2C)cc(OC)c1.O=C(O)C(F)(F)F. The third kappa shape index (κ3) is 8.35. The molecule has 0 saturated carbocycles. The third-order valence-corrected chi connectivity index (χ3v) is 6.05. The smallest absolute Gasteiger partial charge is 0.490 e. The summed E-state index contributed by atoms with van der Waals surface area (Å²) >= 11 is 0. The van der Waals surface area contributed by atoms with Crippen LogP contribution in [0.15, 0.2) is 18.2 Å². The molecule has 2 heterocycles. The van der Waals surface area contributed by atoms with E-state index in [9.17, 15) is 18.0 Å². The lowest BCUT2D eigenvalue weighted by atomic mass is 9.96. The molecular formula is C23H33F3N2O6. The van der Waals surface area contributed by atoms with Crippen LogP contribution in [0.4, 0.5) is 13.2 Å². The molecule has 1 N–H and O–H groups in total. The quantitative estimate of drug-likeness (QED) is 0.655. The van der Waals surface area contributed by atoms with Crippen molar-refractivity contribution < 1.29 is 42.1 Å². The zero-order valence-corrected chi connectivity index (χ0v) is 19.8. The van der Waals surface area contributed by atoms with Gasteiger partial charge in [-0.15, -0.1) is 0 Å². The van der Waals surface area contributed by atoms with Crippen molar-refractivity contribution in [3.05, 3.63) is 23.8 Å². The van der Waals surface area contributed by atoms with Crippen molar-refractivity contribution >= 4 is 11.9 Å². The molecule has 1 aromatic carbocycles. The summed E-state index contributed by atoms with van der Waals surface area (Å²) in [4.78, 5) is 25.9. The molecule has 0 aromatic heterocycles. The van der Waals surface area contributed by atoms with Crippen LogP contribution in [0, 0.1) is 5.92 Å². The van der Waals surface area contributed by atoms with E-state index in [2.05, 4.69) is 11.8 Å². The molecule has 1 amide bonds. The maximum Gasteiger partial charge on any atom is 0.490 e. The standard InChI is InChI=1S/C21H32N2O4.C2HF3O2/c1-16-18(12-21(24)22-6-4-5-7-22)15-27-9-8-23(16)14-17-10-19(25-2)13-20(11-17)26-3;3-2(4,5)1(6)7/h10-11,13,16,18H,4-9,12,14-15H2,1-3H3;(H,6,7)/t16-,18+;/m1./s1. The lowest BCUT2D eigenvalue weighted by Crippen LogP contribution is -2.41. The molecule has 2 aliphatic rings. The van der Waals surface area contributed by atoms with Gasteiger partial charge < -0.3 is 24.2 Å². The summed E-state index contributed by atoms with van der Waals surface area (Å²) < 4.78 is 48.4. The molecular weight excluding hydrogens is 457 g/mol. The van der Waals surface area contributed by atoms with Crippen LogP contribution in [0.5, 0.6) is 11.5 Å². The molecule has 1 aromatic rings. The highest BCUT2D eigenvalue weighted by atomic mass is 19.4. The number of hydrogen-bond donors (Lipinski definition) is 1. The molecule has 192 valence electrons. The molecule has 0 spiro atoms. The van der Waals surface area contributed by atoms with E-state index in [1.807, 2.05) is 23.1 Å². The Morgan fingerprint density at radius 1 is 1.09 bits per heavy atom. The van der Waals surface area contributed by atoms with Gasteiger partial charge in [0.2, 0.25) is 5.91 Å². The van der Waals surface area contributed by atoms with Crippen molar-refractivity contribution in [1.29, 1.82) is 0 Å². The summed E-state index contributed by atoms with van der Waals surface area (Å²) in [5.41, 5.74) is 1.14. The van der Waals surface area contributed by atoms with E-state index in [1.165, 1.54) is 0 Å².